The molecule has 0 spiro atoms. The fraction of sp³-hybridized carbons (Fsp3) is 0.222. The highest BCUT2D eigenvalue weighted by molar-refractivity contribution is 14.1. The quantitative estimate of drug-likeness (QED) is 0.149. The maximum atomic E-state index is 12.8. The first-order valence-corrected chi connectivity index (χ1v) is 12.9. The minimum atomic E-state index is -0.807. The summed E-state index contributed by atoms with van der Waals surface area (Å²) in [6.45, 7) is 0.422. The lowest BCUT2D eigenvalue weighted by molar-refractivity contribution is -0.137. The molecule has 0 aliphatic carbocycles. The molecule has 178 valence electrons. The molecule has 4 aromatic rings. The standard InChI is InChI=1S/C27H25IN4O3/c28-15-18-10-12-19(13-11-18)16-30-27(35)21-14-23-26(29-17-21)32-25(20-6-2-1-3-7-20)22(31-23)8-4-5-9-24(33)34/h1-3,6-7,10-14,17H,4-5,8-9,15-16H2,(H,30,35)(H,33,34). The van der Waals surface area contributed by atoms with Gasteiger partial charge in [0.25, 0.3) is 5.91 Å². The van der Waals surface area contributed by atoms with Gasteiger partial charge in [0, 0.05) is 29.2 Å². The summed E-state index contributed by atoms with van der Waals surface area (Å²) in [5.41, 5.74) is 6.11. The summed E-state index contributed by atoms with van der Waals surface area (Å²) in [5.74, 6) is -1.03. The second-order valence-electron chi connectivity index (χ2n) is 8.19. The zero-order valence-electron chi connectivity index (χ0n) is 19.1. The van der Waals surface area contributed by atoms with Crippen molar-refractivity contribution in [3.8, 4) is 11.3 Å². The molecule has 2 heterocycles. The molecule has 0 aliphatic heterocycles. The lowest BCUT2D eigenvalue weighted by Crippen LogP contribution is -2.23. The van der Waals surface area contributed by atoms with Crippen molar-refractivity contribution in [3.05, 3.63) is 89.2 Å². The number of aromatic nitrogens is 3. The van der Waals surface area contributed by atoms with Crippen LogP contribution in [0.3, 0.4) is 0 Å². The van der Waals surface area contributed by atoms with E-state index in [-0.39, 0.29) is 12.3 Å². The maximum absolute atomic E-state index is 12.8. The van der Waals surface area contributed by atoms with E-state index < -0.39 is 5.97 Å². The van der Waals surface area contributed by atoms with Crippen molar-refractivity contribution in [2.75, 3.05) is 0 Å². The lowest BCUT2D eigenvalue weighted by atomic mass is 10.0. The van der Waals surface area contributed by atoms with Gasteiger partial charge in [-0.25, -0.2) is 15.0 Å². The molecule has 0 aliphatic rings. The molecule has 7 nitrogen and oxygen atoms in total. The Bertz CT molecular complexity index is 1330. The number of nitrogens with one attached hydrogen (secondary N) is 1. The summed E-state index contributed by atoms with van der Waals surface area (Å²) in [6, 6.07) is 19.6. The van der Waals surface area contributed by atoms with Gasteiger partial charge in [0.05, 0.1) is 17.0 Å². The molecular weight excluding hydrogens is 555 g/mol. The summed E-state index contributed by atoms with van der Waals surface area (Å²) in [7, 11) is 0. The van der Waals surface area contributed by atoms with Crippen LogP contribution in [0, 0.1) is 0 Å². The number of pyridine rings is 1. The highest BCUT2D eigenvalue weighted by Crippen LogP contribution is 2.24. The third kappa shape index (κ3) is 6.60. The van der Waals surface area contributed by atoms with Gasteiger partial charge in [0.2, 0.25) is 0 Å². The largest absolute Gasteiger partial charge is 0.481 e. The predicted molar refractivity (Wildman–Crippen MR) is 143 cm³/mol. The van der Waals surface area contributed by atoms with Gasteiger partial charge in [-0.3, -0.25) is 9.59 Å². The fourth-order valence-corrected chi connectivity index (χ4v) is 4.22. The van der Waals surface area contributed by atoms with Crippen molar-refractivity contribution >= 4 is 45.6 Å². The van der Waals surface area contributed by atoms with E-state index >= 15 is 0 Å². The number of aliphatic carboxylic acids is 1. The van der Waals surface area contributed by atoms with Gasteiger partial charge in [-0.1, -0.05) is 77.2 Å². The molecule has 0 saturated heterocycles. The Kier molecular flexibility index (Phi) is 8.36. The van der Waals surface area contributed by atoms with Gasteiger partial charge in [-0.05, 0) is 36.5 Å². The van der Waals surface area contributed by atoms with E-state index in [1.807, 2.05) is 42.5 Å². The smallest absolute Gasteiger partial charge is 0.303 e. The molecule has 0 saturated carbocycles. The number of amides is 1. The molecule has 0 fully saturated rings. The normalized spacial score (nSPS) is 10.9. The number of nitrogens with zero attached hydrogens (tertiary/aromatic N) is 3. The van der Waals surface area contributed by atoms with Gasteiger partial charge < -0.3 is 10.4 Å². The van der Waals surface area contributed by atoms with E-state index in [2.05, 4.69) is 45.0 Å². The first kappa shape index (κ1) is 24.7. The van der Waals surface area contributed by atoms with Crippen molar-refractivity contribution < 1.29 is 14.7 Å². The van der Waals surface area contributed by atoms with E-state index in [1.54, 1.807) is 6.07 Å². The zero-order chi connectivity index (χ0) is 24.6. The molecule has 0 atom stereocenters. The SMILES string of the molecule is O=C(O)CCCCc1nc2cc(C(=O)NCc3ccc(CI)cc3)cnc2nc1-c1ccccc1. The number of hydrogen-bond donors (Lipinski definition) is 2. The summed E-state index contributed by atoms with van der Waals surface area (Å²) in [4.78, 5) is 37.6. The van der Waals surface area contributed by atoms with E-state index in [4.69, 9.17) is 15.1 Å². The predicted octanol–water partition coefficient (Wildman–Crippen LogP) is 5.35. The first-order chi connectivity index (χ1) is 17.0. The molecule has 1 amide bonds. The van der Waals surface area contributed by atoms with E-state index in [0.29, 0.717) is 42.5 Å². The number of carboxylic acids is 1. The minimum absolute atomic E-state index is 0.119. The Morgan fingerprint density at radius 1 is 0.943 bits per heavy atom. The molecule has 4 rings (SSSR count). The topological polar surface area (TPSA) is 105 Å². The minimum Gasteiger partial charge on any atom is -0.481 e. The van der Waals surface area contributed by atoms with Gasteiger partial charge in [0.1, 0.15) is 5.52 Å². The number of benzene rings is 2. The molecule has 2 aromatic carbocycles. The van der Waals surface area contributed by atoms with Crippen molar-refractivity contribution in [1.29, 1.82) is 0 Å². The average Bonchev–Trinajstić information content (AvgIpc) is 2.89. The average molecular weight is 580 g/mol. The molecule has 2 aromatic heterocycles. The highest BCUT2D eigenvalue weighted by Gasteiger charge is 2.14. The number of halogens is 1. The second-order valence-corrected chi connectivity index (χ2v) is 8.95. The van der Waals surface area contributed by atoms with Crippen LogP contribution in [0.1, 0.15) is 46.4 Å². The Morgan fingerprint density at radius 2 is 1.69 bits per heavy atom. The van der Waals surface area contributed by atoms with E-state index in [1.165, 1.54) is 11.8 Å². The van der Waals surface area contributed by atoms with Crippen molar-refractivity contribution in [2.45, 2.75) is 36.7 Å². The van der Waals surface area contributed by atoms with Gasteiger partial charge in [0.15, 0.2) is 5.65 Å². The molecular formula is C27H25IN4O3. The first-order valence-electron chi connectivity index (χ1n) is 11.4. The van der Waals surface area contributed by atoms with Crippen LogP contribution in [-0.4, -0.2) is 31.9 Å². The summed E-state index contributed by atoms with van der Waals surface area (Å²) < 4.78 is 0.946. The molecule has 2 N–H and O–H groups in total. The van der Waals surface area contributed by atoms with Crippen LogP contribution < -0.4 is 5.32 Å². The molecule has 8 heteroatoms. The Hall–Kier alpha value is -3.40. The molecule has 0 unspecified atom stereocenters. The number of hydrogen-bond acceptors (Lipinski definition) is 5. The van der Waals surface area contributed by atoms with Crippen LogP contribution in [-0.2, 0) is 22.2 Å². The van der Waals surface area contributed by atoms with Crippen LogP contribution in [0.25, 0.3) is 22.4 Å². The maximum Gasteiger partial charge on any atom is 0.303 e. The van der Waals surface area contributed by atoms with E-state index in [0.717, 1.165) is 26.9 Å². The van der Waals surface area contributed by atoms with Crippen molar-refractivity contribution in [3.63, 3.8) is 0 Å². The number of carbonyl (C=O) groups excluding carboxylic acids is 1. The van der Waals surface area contributed by atoms with E-state index in [9.17, 15) is 9.59 Å². The number of alkyl halides is 1. The highest BCUT2D eigenvalue weighted by atomic mass is 127. The van der Waals surface area contributed by atoms with Crippen molar-refractivity contribution in [2.24, 2.45) is 0 Å². The number of carbonyl (C=O) groups is 2. The molecule has 35 heavy (non-hydrogen) atoms. The summed E-state index contributed by atoms with van der Waals surface area (Å²) in [6.07, 6.45) is 3.46. The van der Waals surface area contributed by atoms with Crippen LogP contribution >= 0.6 is 22.6 Å². The van der Waals surface area contributed by atoms with Crippen LogP contribution in [0.4, 0.5) is 0 Å². The fourth-order valence-electron chi connectivity index (χ4n) is 3.71. The van der Waals surface area contributed by atoms with Crippen LogP contribution in [0.2, 0.25) is 0 Å². The third-order valence-electron chi connectivity index (χ3n) is 5.59. The monoisotopic (exact) mass is 580 g/mol. The molecule has 0 bridgehead atoms. The summed E-state index contributed by atoms with van der Waals surface area (Å²) >= 11 is 2.32. The second kappa shape index (κ2) is 11.8. The summed E-state index contributed by atoms with van der Waals surface area (Å²) in [5, 5.41) is 11.9. The number of carboxylic acid groups (broad SMARTS) is 1. The Labute approximate surface area is 217 Å². The Morgan fingerprint density at radius 3 is 2.40 bits per heavy atom. The van der Waals surface area contributed by atoms with Crippen LogP contribution in [0.15, 0.2) is 66.9 Å². The van der Waals surface area contributed by atoms with Gasteiger partial charge in [-0.2, -0.15) is 0 Å². The zero-order valence-corrected chi connectivity index (χ0v) is 21.2. The number of rotatable bonds is 10. The number of unbranched alkanes of at least 4 members (excludes halogenated alkanes) is 1. The third-order valence-corrected chi connectivity index (χ3v) is 6.47. The van der Waals surface area contributed by atoms with Gasteiger partial charge in [-0.15, -0.1) is 0 Å². The van der Waals surface area contributed by atoms with Crippen LogP contribution in [0.5, 0.6) is 0 Å². The lowest BCUT2D eigenvalue weighted by Gasteiger charge is -2.11. The van der Waals surface area contributed by atoms with Crippen molar-refractivity contribution in [1.82, 2.24) is 20.3 Å². The molecule has 0 radical (unpaired) electrons. The number of aryl methyl sites for hydroxylation is 1. The van der Waals surface area contributed by atoms with Gasteiger partial charge >= 0.3 is 5.97 Å². The number of fused-ring (bicyclic) bond motifs is 1. The Balaban J connectivity index is 1.56.